The fraction of sp³-hybridized carbons (Fsp3) is 0. The smallest absolute Gasteiger partial charge is 0.127 e. The van der Waals surface area contributed by atoms with Gasteiger partial charge in [0.1, 0.15) is 23.0 Å². The first-order chi connectivity index (χ1) is 22.8. The van der Waals surface area contributed by atoms with Crippen LogP contribution < -0.4 is 9.47 Å². The fourth-order valence-electron chi connectivity index (χ4n) is 6.58. The number of para-hydroxylation sites is 4. The number of benzene rings is 7. The highest BCUT2D eigenvalue weighted by molar-refractivity contribution is 6.10. The van der Waals surface area contributed by atoms with Gasteiger partial charge in [-0.05, 0) is 97.1 Å². The molecule has 0 saturated heterocycles. The quantitative estimate of drug-likeness (QED) is 0.192. The number of hydrogen-bond donors (Lipinski definition) is 0. The maximum atomic E-state index is 6.19. The summed E-state index contributed by atoms with van der Waals surface area (Å²) in [5.41, 5.74) is 6.95. The third-order valence-electron chi connectivity index (χ3n) is 8.65. The van der Waals surface area contributed by atoms with Crippen molar-refractivity contribution < 1.29 is 9.47 Å². The molecule has 0 aliphatic carbocycles. The van der Waals surface area contributed by atoms with Crippen molar-refractivity contribution in [3.63, 3.8) is 0 Å². The molecule has 46 heavy (non-hydrogen) atoms. The van der Waals surface area contributed by atoms with Crippen molar-refractivity contribution in [3.05, 3.63) is 170 Å². The van der Waals surface area contributed by atoms with Gasteiger partial charge in [0.05, 0.1) is 22.1 Å². The minimum atomic E-state index is 0.749. The van der Waals surface area contributed by atoms with Crippen LogP contribution in [0.3, 0.4) is 0 Å². The Morgan fingerprint density at radius 3 is 0.783 bits per heavy atom. The van der Waals surface area contributed by atoms with Crippen molar-refractivity contribution in [1.82, 2.24) is 9.13 Å². The lowest BCUT2D eigenvalue weighted by Gasteiger charge is -2.11. The summed E-state index contributed by atoms with van der Waals surface area (Å²) in [5, 5.41) is 5.00. The Morgan fingerprint density at radius 1 is 0.261 bits per heavy atom. The van der Waals surface area contributed by atoms with Crippen LogP contribution in [0.25, 0.3) is 55.0 Å². The van der Waals surface area contributed by atoms with Crippen LogP contribution in [0.5, 0.6) is 23.0 Å². The van der Waals surface area contributed by atoms with Crippen LogP contribution in [-0.2, 0) is 0 Å². The molecule has 0 fully saturated rings. The predicted octanol–water partition coefficient (Wildman–Crippen LogP) is 11.5. The fourth-order valence-corrected chi connectivity index (χ4v) is 6.58. The Bertz CT molecular complexity index is 2220. The summed E-state index contributed by atoms with van der Waals surface area (Å²) in [7, 11) is 0. The van der Waals surface area contributed by atoms with Gasteiger partial charge in [-0.1, -0.05) is 72.8 Å². The van der Waals surface area contributed by atoms with Crippen LogP contribution in [0.1, 0.15) is 0 Å². The second-order valence-electron chi connectivity index (χ2n) is 11.4. The minimum Gasteiger partial charge on any atom is -0.457 e. The monoisotopic (exact) mass is 592 g/mol. The Labute approximate surface area is 265 Å². The van der Waals surface area contributed by atoms with Crippen molar-refractivity contribution in [1.29, 1.82) is 0 Å². The average molecular weight is 593 g/mol. The summed E-state index contributed by atoms with van der Waals surface area (Å²) in [5.74, 6) is 3.05. The molecule has 218 valence electrons. The molecule has 2 aromatic heterocycles. The molecule has 9 rings (SSSR count). The molecule has 2 heterocycles. The first-order valence-electron chi connectivity index (χ1n) is 15.4. The largest absolute Gasteiger partial charge is 0.457 e. The molecule has 0 radical (unpaired) electrons. The van der Waals surface area contributed by atoms with E-state index in [1.165, 1.54) is 43.6 Å². The van der Waals surface area contributed by atoms with Gasteiger partial charge in [-0.25, -0.2) is 0 Å². The molecule has 0 aliphatic heterocycles. The highest BCUT2D eigenvalue weighted by Crippen LogP contribution is 2.35. The zero-order valence-corrected chi connectivity index (χ0v) is 24.9. The van der Waals surface area contributed by atoms with Crippen LogP contribution in [0.2, 0.25) is 0 Å². The zero-order chi connectivity index (χ0) is 30.5. The zero-order valence-electron chi connectivity index (χ0n) is 24.9. The van der Waals surface area contributed by atoms with Gasteiger partial charge in [-0.3, -0.25) is 0 Å². The molecule has 0 saturated carbocycles. The second-order valence-corrected chi connectivity index (χ2v) is 11.4. The standard InChI is InChI=1S/C42H28N2O2/c1-5-13-39-35(9-1)36-10-2-6-14-40(36)43(39)29-17-21-31(22-18-29)45-33-25-27-34(28-26-33)46-32-23-19-30(20-24-32)44-41-15-7-3-11-37(41)38-12-4-8-16-42(38)44/h1-28H. The van der Waals surface area contributed by atoms with E-state index in [4.69, 9.17) is 9.47 Å². The van der Waals surface area contributed by atoms with E-state index in [2.05, 4.69) is 130 Å². The van der Waals surface area contributed by atoms with Crippen LogP contribution in [0.4, 0.5) is 0 Å². The Morgan fingerprint density at radius 2 is 0.500 bits per heavy atom. The topological polar surface area (TPSA) is 28.3 Å². The van der Waals surface area contributed by atoms with Crippen molar-refractivity contribution in [2.24, 2.45) is 0 Å². The van der Waals surface area contributed by atoms with Crippen LogP contribution in [-0.4, -0.2) is 9.13 Å². The summed E-state index contributed by atoms with van der Waals surface area (Å²) < 4.78 is 17.0. The maximum absolute atomic E-state index is 6.19. The average Bonchev–Trinajstić information content (AvgIpc) is 3.63. The number of fused-ring (bicyclic) bond motifs is 6. The normalized spacial score (nSPS) is 11.5. The Kier molecular flexibility index (Phi) is 6.10. The lowest BCUT2D eigenvalue weighted by molar-refractivity contribution is 0.469. The molecule has 4 nitrogen and oxygen atoms in total. The van der Waals surface area contributed by atoms with Crippen molar-refractivity contribution in [2.75, 3.05) is 0 Å². The van der Waals surface area contributed by atoms with E-state index in [0.717, 1.165) is 34.4 Å². The number of hydrogen-bond acceptors (Lipinski definition) is 2. The van der Waals surface area contributed by atoms with Gasteiger partial charge < -0.3 is 18.6 Å². The molecular formula is C42H28N2O2. The third kappa shape index (κ3) is 4.39. The van der Waals surface area contributed by atoms with E-state index in [9.17, 15) is 0 Å². The first kappa shape index (κ1) is 26.2. The molecule has 0 spiro atoms. The molecular weight excluding hydrogens is 564 g/mol. The van der Waals surface area contributed by atoms with Crippen LogP contribution in [0.15, 0.2) is 170 Å². The summed E-state index contributed by atoms with van der Waals surface area (Å²) in [6, 6.07) is 58.4. The molecule has 0 unspecified atom stereocenters. The molecule has 0 N–H and O–H groups in total. The van der Waals surface area contributed by atoms with Crippen molar-refractivity contribution in [3.8, 4) is 34.4 Å². The van der Waals surface area contributed by atoms with Crippen LogP contribution >= 0.6 is 0 Å². The third-order valence-corrected chi connectivity index (χ3v) is 8.65. The first-order valence-corrected chi connectivity index (χ1v) is 15.4. The second kappa shape index (κ2) is 10.7. The van der Waals surface area contributed by atoms with E-state index in [0.29, 0.717) is 0 Å². The van der Waals surface area contributed by atoms with Crippen molar-refractivity contribution >= 4 is 43.6 Å². The van der Waals surface area contributed by atoms with E-state index < -0.39 is 0 Å². The maximum Gasteiger partial charge on any atom is 0.127 e. The van der Waals surface area contributed by atoms with Gasteiger partial charge in [0, 0.05) is 32.9 Å². The SMILES string of the molecule is c1ccc2c(c1)c1ccccc1n2-c1ccc(Oc2ccc(Oc3ccc(-n4c5ccccc5c5ccccc54)cc3)cc2)cc1. The van der Waals surface area contributed by atoms with Crippen molar-refractivity contribution in [2.45, 2.75) is 0 Å². The number of aromatic nitrogens is 2. The van der Waals surface area contributed by atoms with Gasteiger partial charge in [0.2, 0.25) is 0 Å². The molecule has 0 aliphatic rings. The Balaban J connectivity index is 0.920. The minimum absolute atomic E-state index is 0.749. The van der Waals surface area contributed by atoms with Gasteiger partial charge in [-0.2, -0.15) is 0 Å². The van der Waals surface area contributed by atoms with E-state index in [-0.39, 0.29) is 0 Å². The predicted molar refractivity (Wildman–Crippen MR) is 188 cm³/mol. The van der Waals surface area contributed by atoms with E-state index >= 15 is 0 Å². The number of ether oxygens (including phenoxy) is 2. The molecule has 9 aromatic rings. The van der Waals surface area contributed by atoms with E-state index in [1.54, 1.807) is 0 Å². The molecule has 7 aromatic carbocycles. The lowest BCUT2D eigenvalue weighted by atomic mass is 10.2. The van der Waals surface area contributed by atoms with Crippen LogP contribution in [0, 0.1) is 0 Å². The van der Waals surface area contributed by atoms with Gasteiger partial charge >= 0.3 is 0 Å². The molecule has 4 heteroatoms. The summed E-state index contributed by atoms with van der Waals surface area (Å²) in [4.78, 5) is 0. The summed E-state index contributed by atoms with van der Waals surface area (Å²) >= 11 is 0. The summed E-state index contributed by atoms with van der Waals surface area (Å²) in [6.07, 6.45) is 0. The molecule has 0 bridgehead atoms. The van der Waals surface area contributed by atoms with Gasteiger partial charge in [0.15, 0.2) is 0 Å². The number of rotatable bonds is 6. The van der Waals surface area contributed by atoms with E-state index in [1.807, 2.05) is 48.5 Å². The number of nitrogens with zero attached hydrogens (tertiary/aromatic N) is 2. The highest BCUT2D eigenvalue weighted by Gasteiger charge is 2.13. The van der Waals surface area contributed by atoms with Gasteiger partial charge in [-0.15, -0.1) is 0 Å². The van der Waals surface area contributed by atoms with Gasteiger partial charge in [0.25, 0.3) is 0 Å². The molecule has 0 atom stereocenters. The Hall–Kier alpha value is -6.26. The highest BCUT2D eigenvalue weighted by atomic mass is 16.5. The summed E-state index contributed by atoms with van der Waals surface area (Å²) in [6.45, 7) is 0. The lowest BCUT2D eigenvalue weighted by Crippen LogP contribution is -1.94. The molecule has 0 amide bonds.